The predicted octanol–water partition coefficient (Wildman–Crippen LogP) is 0.781. The molecule has 1 rings (SSSR count). The Kier molecular flexibility index (Phi) is 4.52. The van der Waals surface area contributed by atoms with Crippen molar-refractivity contribution in [1.82, 2.24) is 4.98 Å². The Morgan fingerprint density at radius 1 is 1.33 bits per heavy atom. The Labute approximate surface area is 90.2 Å². The van der Waals surface area contributed by atoms with Gasteiger partial charge >= 0.3 is 0 Å². The summed E-state index contributed by atoms with van der Waals surface area (Å²) in [6.07, 6.45) is 0. The quantitative estimate of drug-likeness (QED) is 0.754. The van der Waals surface area contributed by atoms with Crippen molar-refractivity contribution >= 4 is 5.82 Å². The fraction of sp³-hybridized carbons (Fsp3) is 0.545. The minimum Gasteiger partial charge on any atom is -0.395 e. The minimum absolute atomic E-state index is 0.0566. The van der Waals surface area contributed by atoms with E-state index < -0.39 is 0 Å². The lowest BCUT2D eigenvalue weighted by atomic mass is 10.3. The summed E-state index contributed by atoms with van der Waals surface area (Å²) in [5, 5.41) is 17.9. The van der Waals surface area contributed by atoms with Crippen LogP contribution in [0.5, 0.6) is 0 Å². The lowest BCUT2D eigenvalue weighted by molar-refractivity contribution is 0.276. The van der Waals surface area contributed by atoms with E-state index in [-0.39, 0.29) is 19.3 Å². The molecule has 0 spiro atoms. The number of hydrogen-bond acceptors (Lipinski definition) is 4. The first kappa shape index (κ1) is 11.9. The van der Waals surface area contributed by atoms with Crippen LogP contribution in [0.15, 0.2) is 18.2 Å². The fourth-order valence-corrected chi connectivity index (χ4v) is 1.46. The standard InChI is InChI=1S/C11H18N2O2/c1-9(2)13(6-7-14)11-5-3-4-10(8-15)12-11/h3-5,9,14-15H,6-8H2,1-2H3. The third kappa shape index (κ3) is 3.18. The molecule has 0 aliphatic rings. The molecule has 4 heteroatoms. The van der Waals surface area contributed by atoms with Gasteiger partial charge < -0.3 is 15.1 Å². The molecule has 0 aliphatic carbocycles. The van der Waals surface area contributed by atoms with Gasteiger partial charge in [-0.2, -0.15) is 0 Å². The molecule has 0 amide bonds. The first-order chi connectivity index (χ1) is 7.19. The van der Waals surface area contributed by atoms with Gasteiger partial charge in [-0.15, -0.1) is 0 Å². The highest BCUT2D eigenvalue weighted by Crippen LogP contribution is 2.14. The molecule has 2 N–H and O–H groups in total. The molecule has 0 radical (unpaired) electrons. The number of aromatic nitrogens is 1. The molecule has 0 atom stereocenters. The number of hydrogen-bond donors (Lipinski definition) is 2. The van der Waals surface area contributed by atoms with E-state index in [9.17, 15) is 0 Å². The molecule has 0 bridgehead atoms. The SMILES string of the molecule is CC(C)N(CCO)c1cccc(CO)n1. The molecule has 0 unspecified atom stereocenters. The molecule has 0 saturated carbocycles. The van der Waals surface area contributed by atoms with Crippen LogP contribution in [0.3, 0.4) is 0 Å². The fourth-order valence-electron chi connectivity index (χ4n) is 1.46. The summed E-state index contributed by atoms with van der Waals surface area (Å²) in [7, 11) is 0. The summed E-state index contributed by atoms with van der Waals surface area (Å²) in [4.78, 5) is 6.30. The van der Waals surface area contributed by atoms with Crippen molar-refractivity contribution in [3.8, 4) is 0 Å². The van der Waals surface area contributed by atoms with E-state index in [4.69, 9.17) is 10.2 Å². The van der Waals surface area contributed by atoms with Gasteiger partial charge in [0, 0.05) is 12.6 Å². The Morgan fingerprint density at radius 2 is 2.07 bits per heavy atom. The smallest absolute Gasteiger partial charge is 0.129 e. The van der Waals surface area contributed by atoms with Crippen molar-refractivity contribution in [2.45, 2.75) is 26.5 Å². The van der Waals surface area contributed by atoms with Crippen LogP contribution in [-0.4, -0.2) is 34.4 Å². The zero-order valence-corrected chi connectivity index (χ0v) is 9.22. The molecule has 84 valence electrons. The molecule has 15 heavy (non-hydrogen) atoms. The first-order valence-corrected chi connectivity index (χ1v) is 5.13. The van der Waals surface area contributed by atoms with Gasteiger partial charge in [-0.1, -0.05) is 6.07 Å². The highest BCUT2D eigenvalue weighted by molar-refractivity contribution is 5.40. The van der Waals surface area contributed by atoms with Gasteiger partial charge in [0.15, 0.2) is 0 Å². The largest absolute Gasteiger partial charge is 0.395 e. The predicted molar refractivity (Wildman–Crippen MR) is 59.7 cm³/mol. The van der Waals surface area contributed by atoms with Gasteiger partial charge in [0.25, 0.3) is 0 Å². The van der Waals surface area contributed by atoms with Gasteiger partial charge in [-0.3, -0.25) is 0 Å². The maximum Gasteiger partial charge on any atom is 0.129 e. The number of aliphatic hydroxyl groups excluding tert-OH is 2. The molecule has 0 aliphatic heterocycles. The van der Waals surface area contributed by atoms with E-state index >= 15 is 0 Å². The van der Waals surface area contributed by atoms with Crippen molar-refractivity contribution in [3.63, 3.8) is 0 Å². The number of rotatable bonds is 5. The topological polar surface area (TPSA) is 56.6 Å². The number of anilines is 1. The number of nitrogens with zero attached hydrogens (tertiary/aromatic N) is 2. The van der Waals surface area contributed by atoms with Crippen molar-refractivity contribution in [2.75, 3.05) is 18.1 Å². The van der Waals surface area contributed by atoms with Gasteiger partial charge in [0.05, 0.1) is 18.9 Å². The Balaban J connectivity index is 2.89. The van der Waals surface area contributed by atoms with Crippen LogP contribution in [-0.2, 0) is 6.61 Å². The lowest BCUT2D eigenvalue weighted by Crippen LogP contribution is -2.34. The highest BCUT2D eigenvalue weighted by atomic mass is 16.3. The molecule has 0 saturated heterocycles. The zero-order valence-electron chi connectivity index (χ0n) is 9.22. The summed E-state index contributed by atoms with van der Waals surface area (Å²) in [6, 6.07) is 5.80. The van der Waals surface area contributed by atoms with Gasteiger partial charge in [0.2, 0.25) is 0 Å². The summed E-state index contributed by atoms with van der Waals surface area (Å²) in [5.74, 6) is 0.797. The molecule has 0 aromatic carbocycles. The maximum absolute atomic E-state index is 8.98. The normalized spacial score (nSPS) is 10.7. The molecule has 1 heterocycles. The monoisotopic (exact) mass is 210 g/mol. The van der Waals surface area contributed by atoms with Crippen LogP contribution in [0.2, 0.25) is 0 Å². The molecule has 1 aromatic rings. The van der Waals surface area contributed by atoms with E-state index in [2.05, 4.69) is 4.98 Å². The highest BCUT2D eigenvalue weighted by Gasteiger charge is 2.11. The van der Waals surface area contributed by atoms with Gasteiger partial charge in [-0.25, -0.2) is 4.98 Å². The molecular weight excluding hydrogens is 192 g/mol. The Bertz CT molecular complexity index is 302. The third-order valence-corrected chi connectivity index (χ3v) is 2.21. The second-order valence-electron chi connectivity index (χ2n) is 3.66. The van der Waals surface area contributed by atoms with Crippen LogP contribution < -0.4 is 4.90 Å². The van der Waals surface area contributed by atoms with Crippen LogP contribution in [0, 0.1) is 0 Å². The summed E-state index contributed by atoms with van der Waals surface area (Å²) in [5.41, 5.74) is 0.649. The van der Waals surface area contributed by atoms with Crippen molar-refractivity contribution in [1.29, 1.82) is 0 Å². The summed E-state index contributed by atoms with van der Waals surface area (Å²) < 4.78 is 0. The Hall–Kier alpha value is -1.13. The lowest BCUT2D eigenvalue weighted by Gasteiger charge is -2.27. The Morgan fingerprint density at radius 3 is 2.60 bits per heavy atom. The molecular formula is C11H18N2O2. The number of pyridine rings is 1. The van der Waals surface area contributed by atoms with Crippen LogP contribution >= 0.6 is 0 Å². The van der Waals surface area contributed by atoms with Crippen molar-refractivity contribution in [2.24, 2.45) is 0 Å². The molecule has 1 aromatic heterocycles. The van der Waals surface area contributed by atoms with E-state index in [0.717, 1.165) is 5.82 Å². The molecule has 4 nitrogen and oxygen atoms in total. The summed E-state index contributed by atoms with van der Waals surface area (Å²) in [6.45, 7) is 4.69. The van der Waals surface area contributed by atoms with Crippen LogP contribution in [0.4, 0.5) is 5.82 Å². The van der Waals surface area contributed by atoms with Crippen LogP contribution in [0.1, 0.15) is 19.5 Å². The van der Waals surface area contributed by atoms with Gasteiger partial charge in [0.1, 0.15) is 5.82 Å². The average Bonchev–Trinajstić information content (AvgIpc) is 2.25. The maximum atomic E-state index is 8.98. The summed E-state index contributed by atoms with van der Waals surface area (Å²) >= 11 is 0. The minimum atomic E-state index is -0.0566. The first-order valence-electron chi connectivity index (χ1n) is 5.13. The number of aliphatic hydroxyl groups is 2. The third-order valence-electron chi connectivity index (χ3n) is 2.21. The van der Waals surface area contributed by atoms with Crippen molar-refractivity contribution < 1.29 is 10.2 Å². The van der Waals surface area contributed by atoms with E-state index in [1.165, 1.54) is 0 Å². The van der Waals surface area contributed by atoms with Crippen molar-refractivity contribution in [3.05, 3.63) is 23.9 Å². The van der Waals surface area contributed by atoms with E-state index in [0.29, 0.717) is 12.2 Å². The van der Waals surface area contributed by atoms with E-state index in [1.807, 2.05) is 30.9 Å². The van der Waals surface area contributed by atoms with E-state index in [1.54, 1.807) is 6.07 Å². The zero-order chi connectivity index (χ0) is 11.3. The average molecular weight is 210 g/mol. The second-order valence-corrected chi connectivity index (χ2v) is 3.66. The van der Waals surface area contributed by atoms with Crippen LogP contribution in [0.25, 0.3) is 0 Å². The van der Waals surface area contributed by atoms with Gasteiger partial charge in [-0.05, 0) is 26.0 Å². The second kappa shape index (κ2) is 5.68. The molecule has 0 fully saturated rings.